The van der Waals surface area contributed by atoms with Gasteiger partial charge in [0, 0.05) is 11.1 Å². The summed E-state index contributed by atoms with van der Waals surface area (Å²) in [4.78, 5) is -0.442. The molecule has 9 heteroatoms. The first-order valence-electron chi connectivity index (χ1n) is 8.37. The highest BCUT2D eigenvalue weighted by molar-refractivity contribution is 7.89. The molecule has 0 bridgehead atoms. The van der Waals surface area contributed by atoms with Crippen molar-refractivity contribution in [2.45, 2.75) is 76.5 Å². The number of hydrogen-bond acceptors (Lipinski definition) is 4. The summed E-state index contributed by atoms with van der Waals surface area (Å²) in [6.45, 7) is 12.3. The van der Waals surface area contributed by atoms with Crippen LogP contribution in [0.5, 0.6) is 0 Å². The number of hydrogen-bond donors (Lipinski definition) is 1. The number of halogens is 2. The SMILES string of the molecule is CC(C)(C)NS(=O)(=O)c1ccc(B2OC(C)(C)C(C)(C)O2)cc1C(F)F. The molecule has 0 radical (unpaired) electrons. The van der Waals surface area contributed by atoms with Gasteiger partial charge >= 0.3 is 7.12 Å². The lowest BCUT2D eigenvalue weighted by Gasteiger charge is -2.32. The Labute approximate surface area is 154 Å². The molecular formula is C17H26BF2NO4S. The first-order chi connectivity index (χ1) is 11.6. The van der Waals surface area contributed by atoms with E-state index < -0.39 is 50.8 Å². The predicted molar refractivity (Wildman–Crippen MR) is 97.2 cm³/mol. The number of sulfonamides is 1. The van der Waals surface area contributed by atoms with E-state index in [2.05, 4.69) is 4.72 Å². The van der Waals surface area contributed by atoms with E-state index in [0.29, 0.717) is 5.46 Å². The topological polar surface area (TPSA) is 64.6 Å². The zero-order valence-corrected chi connectivity index (χ0v) is 17.0. The zero-order valence-electron chi connectivity index (χ0n) is 16.2. The Morgan fingerprint density at radius 1 is 1.08 bits per heavy atom. The Kier molecular flexibility index (Phi) is 5.36. The third-order valence-corrected chi connectivity index (χ3v) is 6.36. The third kappa shape index (κ3) is 4.27. The molecule has 1 aromatic rings. The van der Waals surface area contributed by atoms with E-state index in [9.17, 15) is 17.2 Å². The first-order valence-corrected chi connectivity index (χ1v) is 9.86. The van der Waals surface area contributed by atoms with Crippen LogP contribution in [0.15, 0.2) is 23.1 Å². The highest BCUT2D eigenvalue weighted by Gasteiger charge is 2.52. The van der Waals surface area contributed by atoms with Crippen LogP contribution in [-0.2, 0) is 19.3 Å². The molecule has 1 heterocycles. The Morgan fingerprint density at radius 3 is 2.00 bits per heavy atom. The summed E-state index contributed by atoms with van der Waals surface area (Å²) in [6, 6.07) is 3.77. The van der Waals surface area contributed by atoms with Crippen molar-refractivity contribution in [1.29, 1.82) is 0 Å². The second-order valence-corrected chi connectivity index (χ2v) is 10.2. The third-order valence-electron chi connectivity index (χ3n) is 4.52. The maximum Gasteiger partial charge on any atom is 0.494 e. The standard InChI is InChI=1S/C17H26BF2NO4S/c1-15(2,3)21-26(22,23)13-9-8-11(10-12(13)14(19)20)18-24-16(4,5)17(6,7)25-18/h8-10,14,21H,1-7H3. The van der Waals surface area contributed by atoms with Crippen molar-refractivity contribution in [2.75, 3.05) is 0 Å². The second-order valence-electron chi connectivity index (χ2n) is 8.54. The molecule has 1 aliphatic rings. The van der Waals surface area contributed by atoms with Gasteiger partial charge in [-0.15, -0.1) is 0 Å². The van der Waals surface area contributed by atoms with Gasteiger partial charge in [0.1, 0.15) is 0 Å². The fraction of sp³-hybridized carbons (Fsp3) is 0.647. The molecule has 0 unspecified atom stereocenters. The minimum atomic E-state index is -4.09. The molecule has 0 spiro atoms. The van der Waals surface area contributed by atoms with E-state index in [1.54, 1.807) is 20.8 Å². The van der Waals surface area contributed by atoms with Crippen molar-refractivity contribution < 1.29 is 26.5 Å². The summed E-state index contributed by atoms with van der Waals surface area (Å²) in [7, 11) is -4.93. The molecule has 1 aromatic carbocycles. The number of nitrogens with one attached hydrogen (secondary N) is 1. The van der Waals surface area contributed by atoms with Gasteiger partial charge in [0.15, 0.2) is 0 Å². The van der Waals surface area contributed by atoms with Crippen molar-refractivity contribution in [1.82, 2.24) is 4.72 Å². The summed E-state index contributed by atoms with van der Waals surface area (Å²) >= 11 is 0. The number of alkyl halides is 2. The van der Waals surface area contributed by atoms with Crippen molar-refractivity contribution >= 4 is 22.6 Å². The molecule has 0 aromatic heterocycles. The molecule has 1 aliphatic heterocycles. The van der Waals surface area contributed by atoms with Gasteiger partial charge < -0.3 is 9.31 Å². The van der Waals surface area contributed by atoms with Gasteiger partial charge in [-0.05, 0) is 60.0 Å². The van der Waals surface area contributed by atoms with Crippen molar-refractivity contribution in [3.8, 4) is 0 Å². The second kappa shape index (κ2) is 6.54. The highest BCUT2D eigenvalue weighted by atomic mass is 32.2. The highest BCUT2D eigenvalue weighted by Crippen LogP contribution is 2.37. The fourth-order valence-corrected chi connectivity index (χ4v) is 4.19. The minimum absolute atomic E-state index is 0.355. The van der Waals surface area contributed by atoms with Gasteiger partial charge in [0.05, 0.1) is 16.1 Å². The summed E-state index contributed by atoms with van der Waals surface area (Å²) in [5.41, 5.74) is -2.26. The Morgan fingerprint density at radius 2 is 1.58 bits per heavy atom. The molecule has 26 heavy (non-hydrogen) atoms. The fourth-order valence-electron chi connectivity index (χ4n) is 2.57. The summed E-state index contributed by atoms with van der Waals surface area (Å²) in [5, 5.41) is 0. The van der Waals surface area contributed by atoms with Crippen molar-refractivity contribution in [3.63, 3.8) is 0 Å². The lowest BCUT2D eigenvalue weighted by atomic mass is 9.78. The van der Waals surface area contributed by atoms with Crippen molar-refractivity contribution in [2.24, 2.45) is 0 Å². The monoisotopic (exact) mass is 389 g/mol. The van der Waals surface area contributed by atoms with Crippen LogP contribution in [0.4, 0.5) is 8.78 Å². The molecule has 1 fully saturated rings. The average Bonchev–Trinajstić information content (AvgIpc) is 2.64. The molecule has 1 saturated heterocycles. The molecule has 0 aliphatic carbocycles. The molecule has 1 N–H and O–H groups in total. The Balaban J connectivity index is 2.46. The van der Waals surface area contributed by atoms with Crippen molar-refractivity contribution in [3.05, 3.63) is 23.8 Å². The molecule has 0 saturated carbocycles. The Hall–Kier alpha value is -1.03. The normalized spacial score (nSPS) is 20.0. The summed E-state index contributed by atoms with van der Waals surface area (Å²) in [5.74, 6) is 0. The van der Waals surface area contributed by atoms with Crippen LogP contribution in [0.1, 0.15) is 60.5 Å². The largest absolute Gasteiger partial charge is 0.494 e. The van der Waals surface area contributed by atoms with Crippen LogP contribution < -0.4 is 10.2 Å². The summed E-state index contributed by atoms with van der Waals surface area (Å²) < 4.78 is 66.3. The maximum atomic E-state index is 13.6. The van der Waals surface area contributed by atoms with Gasteiger partial charge in [-0.3, -0.25) is 0 Å². The van der Waals surface area contributed by atoms with E-state index >= 15 is 0 Å². The van der Waals surface area contributed by atoms with Crippen LogP contribution in [0, 0.1) is 0 Å². The van der Waals surface area contributed by atoms with Gasteiger partial charge in [-0.1, -0.05) is 12.1 Å². The average molecular weight is 389 g/mol. The van der Waals surface area contributed by atoms with Crippen LogP contribution in [0.25, 0.3) is 0 Å². The van der Waals surface area contributed by atoms with Gasteiger partial charge in [-0.2, -0.15) is 0 Å². The van der Waals surface area contributed by atoms with Crippen LogP contribution >= 0.6 is 0 Å². The van der Waals surface area contributed by atoms with E-state index in [1.807, 2.05) is 27.7 Å². The lowest BCUT2D eigenvalue weighted by molar-refractivity contribution is 0.00578. The molecule has 0 atom stereocenters. The first kappa shape index (κ1) is 21.3. The van der Waals surface area contributed by atoms with E-state index in [0.717, 1.165) is 6.07 Å². The predicted octanol–water partition coefficient (Wildman–Crippen LogP) is 3.00. The van der Waals surface area contributed by atoms with Gasteiger partial charge in [-0.25, -0.2) is 21.9 Å². The number of rotatable bonds is 4. The minimum Gasteiger partial charge on any atom is -0.399 e. The Bertz CT molecular complexity index is 772. The molecule has 2 rings (SSSR count). The quantitative estimate of drug-likeness (QED) is 0.805. The van der Waals surface area contributed by atoms with Crippen LogP contribution in [0.3, 0.4) is 0 Å². The summed E-state index contributed by atoms with van der Waals surface area (Å²) in [6.07, 6.45) is -2.95. The van der Waals surface area contributed by atoms with Crippen LogP contribution in [0.2, 0.25) is 0 Å². The smallest absolute Gasteiger partial charge is 0.399 e. The lowest BCUT2D eigenvalue weighted by Crippen LogP contribution is -2.41. The molecule has 5 nitrogen and oxygen atoms in total. The molecule has 0 amide bonds. The van der Waals surface area contributed by atoms with Crippen LogP contribution in [-0.4, -0.2) is 32.3 Å². The number of benzene rings is 1. The van der Waals surface area contributed by atoms with Gasteiger partial charge in [0.25, 0.3) is 6.43 Å². The van der Waals surface area contributed by atoms with E-state index in [-0.39, 0.29) is 0 Å². The molecular weight excluding hydrogens is 363 g/mol. The maximum absolute atomic E-state index is 13.6. The molecule has 146 valence electrons. The van der Waals surface area contributed by atoms with Gasteiger partial charge in [0.2, 0.25) is 10.0 Å². The van der Waals surface area contributed by atoms with E-state index in [1.165, 1.54) is 12.1 Å². The van der Waals surface area contributed by atoms with E-state index in [4.69, 9.17) is 9.31 Å². The zero-order chi connectivity index (χ0) is 20.1.